The van der Waals surface area contributed by atoms with Gasteiger partial charge in [-0.05, 0) is 19.9 Å². The van der Waals surface area contributed by atoms with E-state index in [1.54, 1.807) is 32.2 Å². The maximum absolute atomic E-state index is 11.6. The van der Waals surface area contributed by atoms with Crippen molar-refractivity contribution in [2.24, 2.45) is 0 Å². The number of pyridine rings is 1. The standard InChI is InChI=1S/C13H18N2O4/c1-3-19-13(18)10(2)14-11(16)7-9-15-8-5-4-6-12(15)17/h4-6,8,10H,3,7,9H2,1-2H3,(H,14,16). The molecule has 1 N–H and O–H groups in total. The van der Waals surface area contributed by atoms with E-state index in [1.165, 1.54) is 10.6 Å². The fourth-order valence-corrected chi connectivity index (χ4v) is 1.51. The second-order valence-electron chi connectivity index (χ2n) is 4.02. The van der Waals surface area contributed by atoms with Crippen LogP contribution in [-0.2, 0) is 20.9 Å². The maximum Gasteiger partial charge on any atom is 0.328 e. The zero-order chi connectivity index (χ0) is 14.3. The summed E-state index contributed by atoms with van der Waals surface area (Å²) in [7, 11) is 0. The third kappa shape index (κ3) is 4.95. The molecule has 0 aliphatic heterocycles. The van der Waals surface area contributed by atoms with Crippen LogP contribution in [0.25, 0.3) is 0 Å². The van der Waals surface area contributed by atoms with Gasteiger partial charge in [-0.15, -0.1) is 0 Å². The number of aryl methyl sites for hydroxylation is 1. The van der Waals surface area contributed by atoms with Crippen molar-refractivity contribution in [3.8, 4) is 0 Å². The summed E-state index contributed by atoms with van der Waals surface area (Å²) in [5.41, 5.74) is -0.159. The van der Waals surface area contributed by atoms with Crippen molar-refractivity contribution in [1.82, 2.24) is 9.88 Å². The quantitative estimate of drug-likeness (QED) is 0.752. The van der Waals surface area contributed by atoms with Crippen molar-refractivity contribution < 1.29 is 14.3 Å². The highest BCUT2D eigenvalue weighted by Crippen LogP contribution is 1.92. The Morgan fingerprint density at radius 3 is 2.79 bits per heavy atom. The van der Waals surface area contributed by atoms with Crippen molar-refractivity contribution in [2.45, 2.75) is 32.9 Å². The average molecular weight is 266 g/mol. The van der Waals surface area contributed by atoms with Gasteiger partial charge in [-0.25, -0.2) is 4.79 Å². The van der Waals surface area contributed by atoms with Crippen molar-refractivity contribution in [1.29, 1.82) is 0 Å². The summed E-state index contributed by atoms with van der Waals surface area (Å²) in [6.07, 6.45) is 1.75. The predicted octanol–water partition coefficient (Wildman–Crippen LogP) is 0.306. The van der Waals surface area contributed by atoms with Gasteiger partial charge >= 0.3 is 5.97 Å². The molecule has 0 fully saturated rings. The summed E-state index contributed by atoms with van der Waals surface area (Å²) in [5, 5.41) is 2.53. The van der Waals surface area contributed by atoms with E-state index in [1.807, 2.05) is 0 Å². The van der Waals surface area contributed by atoms with Crippen molar-refractivity contribution in [3.63, 3.8) is 0 Å². The molecule has 0 aliphatic rings. The summed E-state index contributed by atoms with van der Waals surface area (Å²) >= 11 is 0. The number of nitrogens with one attached hydrogen (secondary N) is 1. The van der Waals surface area contributed by atoms with E-state index in [0.29, 0.717) is 0 Å². The number of rotatable bonds is 6. The molecular weight excluding hydrogens is 248 g/mol. The van der Waals surface area contributed by atoms with Gasteiger partial charge in [0.15, 0.2) is 0 Å². The van der Waals surface area contributed by atoms with Gasteiger partial charge in [-0.1, -0.05) is 6.07 Å². The molecule has 0 aromatic carbocycles. The number of aromatic nitrogens is 1. The summed E-state index contributed by atoms with van der Waals surface area (Å²) < 4.78 is 6.22. The van der Waals surface area contributed by atoms with E-state index in [4.69, 9.17) is 4.74 Å². The minimum atomic E-state index is -0.681. The van der Waals surface area contributed by atoms with Crippen molar-refractivity contribution in [3.05, 3.63) is 34.7 Å². The third-order valence-electron chi connectivity index (χ3n) is 2.50. The molecule has 1 unspecified atom stereocenters. The zero-order valence-electron chi connectivity index (χ0n) is 11.1. The molecule has 19 heavy (non-hydrogen) atoms. The highest BCUT2D eigenvalue weighted by Gasteiger charge is 2.16. The molecule has 0 spiro atoms. The Morgan fingerprint density at radius 2 is 2.16 bits per heavy atom. The van der Waals surface area contributed by atoms with Gasteiger partial charge in [-0.3, -0.25) is 9.59 Å². The highest BCUT2D eigenvalue weighted by atomic mass is 16.5. The van der Waals surface area contributed by atoms with Crippen molar-refractivity contribution >= 4 is 11.9 Å². The summed E-state index contributed by atoms with van der Waals surface area (Å²) in [4.78, 5) is 34.3. The number of ether oxygens (including phenoxy) is 1. The lowest BCUT2D eigenvalue weighted by Crippen LogP contribution is -2.40. The first-order valence-electron chi connectivity index (χ1n) is 6.16. The van der Waals surface area contributed by atoms with Crippen LogP contribution in [-0.4, -0.2) is 29.1 Å². The van der Waals surface area contributed by atoms with E-state index in [0.717, 1.165) is 0 Å². The van der Waals surface area contributed by atoms with Crippen LogP contribution in [0.3, 0.4) is 0 Å². The normalized spacial score (nSPS) is 11.7. The Bertz CT molecular complexity index is 495. The molecule has 0 bridgehead atoms. The molecular formula is C13H18N2O4. The highest BCUT2D eigenvalue weighted by molar-refractivity contribution is 5.84. The molecule has 6 heteroatoms. The molecule has 0 saturated carbocycles. The lowest BCUT2D eigenvalue weighted by Gasteiger charge is -2.12. The molecule has 104 valence electrons. The van der Waals surface area contributed by atoms with Gasteiger partial charge in [0.1, 0.15) is 6.04 Å². The first-order chi connectivity index (χ1) is 9.04. The maximum atomic E-state index is 11.6. The first-order valence-corrected chi connectivity index (χ1v) is 6.16. The first kappa shape index (κ1) is 14.9. The number of nitrogens with zero attached hydrogens (tertiary/aromatic N) is 1. The average Bonchev–Trinajstić information content (AvgIpc) is 2.38. The van der Waals surface area contributed by atoms with Crippen LogP contribution < -0.4 is 10.9 Å². The Labute approximate surface area is 111 Å². The van der Waals surface area contributed by atoms with Crippen LogP contribution in [0.15, 0.2) is 29.2 Å². The molecule has 1 heterocycles. The summed E-state index contributed by atoms with van der Waals surface area (Å²) in [6.45, 7) is 3.82. The molecule has 1 rings (SSSR count). The fourth-order valence-electron chi connectivity index (χ4n) is 1.51. The number of carbonyl (C=O) groups is 2. The fraction of sp³-hybridized carbons (Fsp3) is 0.462. The van der Waals surface area contributed by atoms with Crippen molar-refractivity contribution in [2.75, 3.05) is 6.61 Å². The minimum absolute atomic E-state index is 0.133. The lowest BCUT2D eigenvalue weighted by molar-refractivity contribution is -0.146. The topological polar surface area (TPSA) is 77.4 Å². The van der Waals surface area contributed by atoms with E-state index < -0.39 is 12.0 Å². The molecule has 1 aromatic heterocycles. The Morgan fingerprint density at radius 1 is 1.42 bits per heavy atom. The monoisotopic (exact) mass is 266 g/mol. The Kier molecular flexibility index (Phi) is 5.78. The number of hydrogen-bond donors (Lipinski definition) is 1. The molecule has 6 nitrogen and oxygen atoms in total. The largest absolute Gasteiger partial charge is 0.464 e. The van der Waals surface area contributed by atoms with Crippen LogP contribution in [0, 0.1) is 0 Å². The van der Waals surface area contributed by atoms with E-state index in [-0.39, 0.29) is 31.0 Å². The Hall–Kier alpha value is -2.11. The smallest absolute Gasteiger partial charge is 0.328 e. The van der Waals surface area contributed by atoms with Gasteiger partial charge < -0.3 is 14.6 Å². The van der Waals surface area contributed by atoms with Crippen LogP contribution in [0.4, 0.5) is 0 Å². The molecule has 0 saturated heterocycles. The molecule has 1 amide bonds. The molecule has 0 radical (unpaired) electrons. The predicted molar refractivity (Wildman–Crippen MR) is 69.6 cm³/mol. The number of carbonyl (C=O) groups excluding carboxylic acids is 2. The third-order valence-corrected chi connectivity index (χ3v) is 2.50. The number of amides is 1. The van der Waals surface area contributed by atoms with Gasteiger partial charge in [0, 0.05) is 25.2 Å². The van der Waals surface area contributed by atoms with Gasteiger partial charge in [-0.2, -0.15) is 0 Å². The van der Waals surface area contributed by atoms with E-state index in [2.05, 4.69) is 5.32 Å². The van der Waals surface area contributed by atoms with Gasteiger partial charge in [0.25, 0.3) is 5.56 Å². The SMILES string of the molecule is CCOC(=O)C(C)NC(=O)CCn1ccccc1=O. The molecule has 1 atom stereocenters. The molecule has 1 aromatic rings. The van der Waals surface area contributed by atoms with Crippen LogP contribution in [0.2, 0.25) is 0 Å². The van der Waals surface area contributed by atoms with E-state index >= 15 is 0 Å². The number of hydrogen-bond acceptors (Lipinski definition) is 4. The minimum Gasteiger partial charge on any atom is -0.464 e. The Balaban J connectivity index is 2.42. The second-order valence-corrected chi connectivity index (χ2v) is 4.02. The van der Waals surface area contributed by atoms with Crippen LogP contribution in [0.1, 0.15) is 20.3 Å². The lowest BCUT2D eigenvalue weighted by atomic mass is 10.3. The molecule has 0 aliphatic carbocycles. The van der Waals surface area contributed by atoms with Gasteiger partial charge in [0.05, 0.1) is 6.61 Å². The zero-order valence-corrected chi connectivity index (χ0v) is 11.1. The summed E-state index contributed by atoms with van der Waals surface area (Å²) in [6, 6.07) is 4.11. The van der Waals surface area contributed by atoms with Crippen LogP contribution in [0.5, 0.6) is 0 Å². The van der Waals surface area contributed by atoms with Gasteiger partial charge in [0.2, 0.25) is 5.91 Å². The van der Waals surface area contributed by atoms with Crippen LogP contribution >= 0.6 is 0 Å². The number of esters is 1. The second kappa shape index (κ2) is 7.35. The van der Waals surface area contributed by atoms with E-state index in [9.17, 15) is 14.4 Å². The summed E-state index contributed by atoms with van der Waals surface area (Å²) in [5.74, 6) is -0.760.